The van der Waals surface area contributed by atoms with Gasteiger partial charge in [0.1, 0.15) is 0 Å². The molecule has 1 aliphatic rings. The quantitative estimate of drug-likeness (QED) is 0.168. The Bertz CT molecular complexity index is 2850. The Morgan fingerprint density at radius 2 is 0.870 bits per heavy atom. The lowest BCUT2D eigenvalue weighted by Gasteiger charge is -2.28. The molecule has 0 aromatic heterocycles. The summed E-state index contributed by atoms with van der Waals surface area (Å²) in [6, 6.07) is 73.4. The second-order valence-corrected chi connectivity index (χ2v) is 15.0. The number of benzene rings is 9. The lowest BCUT2D eigenvalue weighted by molar-refractivity contribution is 0.660. The maximum Gasteiger partial charge on any atom is 0.0467 e. The molecule has 54 heavy (non-hydrogen) atoms. The summed E-state index contributed by atoms with van der Waals surface area (Å²) < 4.78 is 0. The molecule has 0 fully saturated rings. The smallest absolute Gasteiger partial charge is 0.0467 e. The lowest BCUT2D eigenvalue weighted by atomic mass is 9.81. The minimum absolute atomic E-state index is 0.173. The fourth-order valence-corrected chi connectivity index (χ4v) is 8.68. The van der Waals surface area contributed by atoms with E-state index in [-0.39, 0.29) is 5.41 Å². The largest absolute Gasteiger partial charge is 0.310 e. The van der Waals surface area contributed by atoms with E-state index >= 15 is 0 Å². The first-order valence-electron chi connectivity index (χ1n) is 18.8. The molecule has 1 aliphatic carbocycles. The third-order valence-electron chi connectivity index (χ3n) is 11.4. The molecule has 256 valence electrons. The van der Waals surface area contributed by atoms with Gasteiger partial charge in [0, 0.05) is 22.5 Å². The molecule has 0 atom stereocenters. The van der Waals surface area contributed by atoms with Crippen LogP contribution in [0.1, 0.15) is 25.0 Å². The molecule has 0 heterocycles. The van der Waals surface area contributed by atoms with Crippen LogP contribution >= 0.6 is 0 Å². The van der Waals surface area contributed by atoms with Gasteiger partial charge in [-0.2, -0.15) is 0 Å². The van der Waals surface area contributed by atoms with Crippen molar-refractivity contribution in [1.29, 1.82) is 0 Å². The van der Waals surface area contributed by atoms with Crippen LogP contribution < -0.4 is 4.90 Å². The van der Waals surface area contributed by atoms with Crippen LogP contribution in [-0.4, -0.2) is 0 Å². The van der Waals surface area contributed by atoms with Crippen molar-refractivity contribution < 1.29 is 0 Å². The van der Waals surface area contributed by atoms with Crippen LogP contribution in [0.5, 0.6) is 0 Å². The molecular weight excluding hydrogens is 651 g/mol. The van der Waals surface area contributed by atoms with E-state index in [1.54, 1.807) is 0 Å². The molecule has 0 bridgehead atoms. The predicted octanol–water partition coefficient (Wildman–Crippen LogP) is 14.8. The Hall–Kier alpha value is -6.70. The van der Waals surface area contributed by atoms with Crippen molar-refractivity contribution >= 4 is 38.6 Å². The van der Waals surface area contributed by atoms with Crippen molar-refractivity contribution in [3.05, 3.63) is 211 Å². The molecule has 0 unspecified atom stereocenters. The standard InChI is InChI=1S/C53H39N/c1-53(2)50-26-14-25-46(42-28-27-36-15-9-10-18-38(36)31-42)52(50)47-30-29-45(35-51(47)53)54(43-22-7-4-8-23-43)44-24-13-21-41(32-44)49-34-40-20-12-11-19-39(40)33-48(49)37-16-5-3-6-17-37/h3-35H,1-2H3. The molecule has 0 aliphatic heterocycles. The zero-order chi connectivity index (χ0) is 36.2. The van der Waals surface area contributed by atoms with Gasteiger partial charge < -0.3 is 4.90 Å². The van der Waals surface area contributed by atoms with E-state index in [0.29, 0.717) is 0 Å². The number of fused-ring (bicyclic) bond motifs is 5. The molecule has 9 aromatic rings. The molecule has 0 amide bonds. The summed E-state index contributed by atoms with van der Waals surface area (Å²) in [4.78, 5) is 2.41. The summed E-state index contributed by atoms with van der Waals surface area (Å²) in [5, 5.41) is 5.01. The van der Waals surface area contributed by atoms with E-state index in [4.69, 9.17) is 0 Å². The van der Waals surface area contributed by atoms with Crippen LogP contribution in [0.25, 0.3) is 66.1 Å². The fraction of sp³-hybridized carbons (Fsp3) is 0.0566. The Morgan fingerprint density at radius 1 is 0.315 bits per heavy atom. The van der Waals surface area contributed by atoms with E-state index in [2.05, 4.69) is 219 Å². The van der Waals surface area contributed by atoms with Gasteiger partial charge >= 0.3 is 0 Å². The molecule has 0 spiro atoms. The number of hydrogen-bond donors (Lipinski definition) is 0. The van der Waals surface area contributed by atoms with Crippen LogP contribution in [0.3, 0.4) is 0 Å². The molecule has 0 radical (unpaired) electrons. The molecular formula is C53H39N. The highest BCUT2D eigenvalue weighted by Gasteiger charge is 2.37. The number of rotatable bonds is 6. The van der Waals surface area contributed by atoms with E-state index < -0.39 is 0 Å². The van der Waals surface area contributed by atoms with Gasteiger partial charge in [0.25, 0.3) is 0 Å². The van der Waals surface area contributed by atoms with Crippen molar-refractivity contribution in [1.82, 2.24) is 0 Å². The monoisotopic (exact) mass is 689 g/mol. The summed E-state index contributed by atoms with van der Waals surface area (Å²) in [6.07, 6.45) is 0. The van der Waals surface area contributed by atoms with Crippen molar-refractivity contribution in [2.24, 2.45) is 0 Å². The number of anilines is 3. The van der Waals surface area contributed by atoms with Gasteiger partial charge in [0.15, 0.2) is 0 Å². The van der Waals surface area contributed by atoms with Crippen LogP contribution in [0, 0.1) is 0 Å². The van der Waals surface area contributed by atoms with Crippen molar-refractivity contribution in [3.63, 3.8) is 0 Å². The molecule has 10 rings (SSSR count). The normalized spacial score (nSPS) is 12.8. The summed E-state index contributed by atoms with van der Waals surface area (Å²) >= 11 is 0. The van der Waals surface area contributed by atoms with Crippen molar-refractivity contribution in [3.8, 4) is 44.5 Å². The Kier molecular flexibility index (Phi) is 7.56. The van der Waals surface area contributed by atoms with Gasteiger partial charge in [-0.3, -0.25) is 0 Å². The van der Waals surface area contributed by atoms with E-state index in [9.17, 15) is 0 Å². The highest BCUT2D eigenvalue weighted by atomic mass is 15.1. The summed E-state index contributed by atoms with van der Waals surface area (Å²) in [5.74, 6) is 0. The van der Waals surface area contributed by atoms with Crippen LogP contribution in [0.4, 0.5) is 17.1 Å². The second kappa shape index (κ2) is 12.8. The summed E-state index contributed by atoms with van der Waals surface area (Å²) in [5.41, 5.74) is 16.0. The topological polar surface area (TPSA) is 3.24 Å². The van der Waals surface area contributed by atoms with Crippen molar-refractivity contribution in [2.75, 3.05) is 4.90 Å². The number of nitrogens with zero attached hydrogens (tertiary/aromatic N) is 1. The minimum Gasteiger partial charge on any atom is -0.310 e. The molecule has 0 N–H and O–H groups in total. The van der Waals surface area contributed by atoms with Gasteiger partial charge in [-0.15, -0.1) is 0 Å². The predicted molar refractivity (Wildman–Crippen MR) is 230 cm³/mol. The minimum atomic E-state index is -0.173. The molecule has 1 heteroatoms. The lowest BCUT2D eigenvalue weighted by Crippen LogP contribution is -2.16. The van der Waals surface area contributed by atoms with Crippen LogP contribution in [0.15, 0.2) is 200 Å². The summed E-state index contributed by atoms with van der Waals surface area (Å²) in [7, 11) is 0. The fourth-order valence-electron chi connectivity index (χ4n) is 8.68. The van der Waals surface area contributed by atoms with E-state index in [0.717, 1.165) is 17.1 Å². The zero-order valence-electron chi connectivity index (χ0n) is 30.5. The van der Waals surface area contributed by atoms with Gasteiger partial charge in [0.05, 0.1) is 0 Å². The van der Waals surface area contributed by atoms with Crippen LogP contribution in [0.2, 0.25) is 0 Å². The third-order valence-corrected chi connectivity index (χ3v) is 11.4. The van der Waals surface area contributed by atoms with Gasteiger partial charge in [-0.25, -0.2) is 0 Å². The van der Waals surface area contributed by atoms with Crippen molar-refractivity contribution in [2.45, 2.75) is 19.3 Å². The first kappa shape index (κ1) is 32.0. The highest BCUT2D eigenvalue weighted by Crippen LogP contribution is 2.54. The average molecular weight is 690 g/mol. The Labute approximate surface area is 317 Å². The Balaban J connectivity index is 1.12. The second-order valence-electron chi connectivity index (χ2n) is 15.0. The molecule has 1 nitrogen and oxygen atoms in total. The van der Waals surface area contributed by atoms with E-state index in [1.165, 1.54) is 77.2 Å². The highest BCUT2D eigenvalue weighted by molar-refractivity contribution is 5.99. The first-order chi connectivity index (χ1) is 26.5. The maximum absolute atomic E-state index is 2.44. The van der Waals surface area contributed by atoms with Crippen LogP contribution in [-0.2, 0) is 5.41 Å². The average Bonchev–Trinajstić information content (AvgIpc) is 3.46. The maximum atomic E-state index is 2.44. The molecule has 0 saturated heterocycles. The molecule has 9 aromatic carbocycles. The van der Waals surface area contributed by atoms with Gasteiger partial charge in [-0.05, 0) is 132 Å². The Morgan fingerprint density at radius 3 is 1.61 bits per heavy atom. The van der Waals surface area contributed by atoms with E-state index in [1.807, 2.05) is 0 Å². The zero-order valence-corrected chi connectivity index (χ0v) is 30.5. The SMILES string of the molecule is CC1(C)c2cc(N(c3ccccc3)c3cccc(-c4cc5ccccc5cc4-c4ccccc4)c3)ccc2-c2c(-c3ccc4ccccc4c3)cccc21. The molecule has 0 saturated carbocycles. The number of hydrogen-bond acceptors (Lipinski definition) is 1. The third kappa shape index (κ3) is 5.32. The van der Waals surface area contributed by atoms with Gasteiger partial charge in [0.2, 0.25) is 0 Å². The first-order valence-corrected chi connectivity index (χ1v) is 18.8. The number of para-hydroxylation sites is 1. The summed E-state index contributed by atoms with van der Waals surface area (Å²) in [6.45, 7) is 4.76. The van der Waals surface area contributed by atoms with Gasteiger partial charge in [-0.1, -0.05) is 159 Å².